The van der Waals surface area contributed by atoms with Crippen molar-refractivity contribution < 1.29 is 4.79 Å². The second kappa shape index (κ2) is 6.16. The summed E-state index contributed by atoms with van der Waals surface area (Å²) in [6.07, 6.45) is 4.03. The average molecular weight is 339 g/mol. The first kappa shape index (κ1) is 15.0. The van der Waals surface area contributed by atoms with Crippen LogP contribution in [0.4, 0.5) is 5.13 Å². The third kappa shape index (κ3) is 2.82. The van der Waals surface area contributed by atoms with Crippen LogP contribution in [-0.4, -0.2) is 26.3 Å². The molecule has 0 spiro atoms. The zero-order chi connectivity index (χ0) is 16.5. The van der Waals surface area contributed by atoms with E-state index in [0.29, 0.717) is 11.6 Å². The van der Waals surface area contributed by atoms with Gasteiger partial charge in [0.25, 0.3) is 0 Å². The van der Waals surface area contributed by atoms with Crippen LogP contribution in [0.1, 0.15) is 23.4 Å². The van der Waals surface area contributed by atoms with Crippen molar-refractivity contribution in [1.29, 1.82) is 0 Å². The Morgan fingerprint density at radius 3 is 3.00 bits per heavy atom. The largest absolute Gasteiger partial charge is 0.302 e. The maximum Gasteiger partial charge on any atom is 0.229 e. The van der Waals surface area contributed by atoms with E-state index >= 15 is 0 Å². The lowest BCUT2D eigenvalue weighted by atomic mass is 9.89. The van der Waals surface area contributed by atoms with E-state index in [1.807, 2.05) is 18.3 Å². The van der Waals surface area contributed by atoms with Gasteiger partial charge in [-0.15, -0.1) is 0 Å². The lowest BCUT2D eigenvalue weighted by Crippen LogP contribution is -2.28. The minimum atomic E-state index is -0.0755. The van der Waals surface area contributed by atoms with Crippen LogP contribution >= 0.6 is 11.3 Å². The van der Waals surface area contributed by atoms with E-state index in [1.165, 1.54) is 16.9 Å². The summed E-state index contributed by atoms with van der Waals surface area (Å²) in [7, 11) is 0. The fourth-order valence-electron chi connectivity index (χ4n) is 3.02. The van der Waals surface area contributed by atoms with Crippen molar-refractivity contribution in [1.82, 2.24) is 20.4 Å². The molecular weight excluding hydrogens is 322 g/mol. The molecule has 1 amide bonds. The molecule has 3 aromatic rings. The topological polar surface area (TPSA) is 83.6 Å². The average Bonchev–Trinajstić information content (AvgIpc) is 3.23. The summed E-state index contributed by atoms with van der Waals surface area (Å²) in [5.41, 5.74) is 4.24. The van der Waals surface area contributed by atoms with Gasteiger partial charge in [-0.05, 0) is 30.9 Å². The molecule has 0 saturated heterocycles. The molecule has 0 bridgehead atoms. The maximum absolute atomic E-state index is 12.5. The Labute approximate surface area is 143 Å². The summed E-state index contributed by atoms with van der Waals surface area (Å²) in [5.74, 6) is -0.0669. The first-order chi connectivity index (χ1) is 11.7. The molecule has 7 heteroatoms. The predicted molar refractivity (Wildman–Crippen MR) is 92.8 cm³/mol. The number of anilines is 1. The van der Waals surface area contributed by atoms with Crippen molar-refractivity contribution >= 4 is 22.4 Å². The molecule has 24 heavy (non-hydrogen) atoms. The number of carbonyl (C=O) groups excluding carboxylic acids is 1. The van der Waals surface area contributed by atoms with Gasteiger partial charge in [-0.25, -0.2) is 4.98 Å². The number of aryl methyl sites for hydroxylation is 2. The van der Waals surface area contributed by atoms with Crippen LogP contribution < -0.4 is 5.32 Å². The van der Waals surface area contributed by atoms with Crippen molar-refractivity contribution in [3.8, 4) is 10.4 Å². The van der Waals surface area contributed by atoms with Gasteiger partial charge in [0.2, 0.25) is 5.91 Å². The van der Waals surface area contributed by atoms with Crippen LogP contribution in [0.2, 0.25) is 0 Å². The highest BCUT2D eigenvalue weighted by Gasteiger charge is 2.27. The smallest absolute Gasteiger partial charge is 0.229 e. The van der Waals surface area contributed by atoms with Crippen LogP contribution in [-0.2, 0) is 17.6 Å². The summed E-state index contributed by atoms with van der Waals surface area (Å²) in [6.45, 7) is 2.07. The Morgan fingerprint density at radius 2 is 2.12 bits per heavy atom. The van der Waals surface area contributed by atoms with Crippen molar-refractivity contribution in [2.75, 3.05) is 5.32 Å². The summed E-state index contributed by atoms with van der Waals surface area (Å²) in [5, 5.41) is 14.5. The van der Waals surface area contributed by atoms with Gasteiger partial charge in [0.05, 0.1) is 16.3 Å². The Hall–Kier alpha value is -2.54. The molecule has 1 atom stereocenters. The molecule has 1 aliphatic carbocycles. The van der Waals surface area contributed by atoms with Crippen LogP contribution in [0, 0.1) is 12.8 Å². The zero-order valence-electron chi connectivity index (χ0n) is 13.2. The van der Waals surface area contributed by atoms with Crippen molar-refractivity contribution in [3.05, 3.63) is 47.4 Å². The number of benzene rings is 1. The van der Waals surface area contributed by atoms with E-state index in [0.717, 1.165) is 34.7 Å². The summed E-state index contributed by atoms with van der Waals surface area (Å²) in [4.78, 5) is 17.9. The number of H-pyrrole nitrogens is 1. The molecule has 0 saturated carbocycles. The molecule has 1 aliphatic rings. The second-order valence-electron chi connectivity index (χ2n) is 5.99. The normalized spacial score (nSPS) is 16.6. The van der Waals surface area contributed by atoms with E-state index in [-0.39, 0.29) is 11.8 Å². The number of carbonyl (C=O) groups is 1. The van der Waals surface area contributed by atoms with Crippen LogP contribution in [0.5, 0.6) is 0 Å². The van der Waals surface area contributed by atoms with E-state index < -0.39 is 0 Å². The standard InChI is InChI=1S/C17H17N5OS/c1-10-4-2-3-5-12(10)15-9-18-17(24-15)19-16(23)11-6-7-13-14(8-11)21-22-20-13/h2-5,9,11H,6-8H2,1H3,(H,18,19,23)(H,20,21,22)/t11-/m0/s1. The van der Waals surface area contributed by atoms with Crippen molar-refractivity contribution in [2.24, 2.45) is 5.92 Å². The Bertz CT molecular complexity index is 885. The van der Waals surface area contributed by atoms with E-state index in [2.05, 4.69) is 44.8 Å². The summed E-state index contributed by atoms with van der Waals surface area (Å²) in [6, 6.07) is 8.17. The molecular formula is C17H17N5OS. The fraction of sp³-hybridized carbons (Fsp3) is 0.294. The van der Waals surface area contributed by atoms with Crippen LogP contribution in [0.25, 0.3) is 10.4 Å². The predicted octanol–water partition coefficient (Wildman–Crippen LogP) is 2.98. The molecule has 122 valence electrons. The minimum Gasteiger partial charge on any atom is -0.302 e. The summed E-state index contributed by atoms with van der Waals surface area (Å²) < 4.78 is 0. The molecule has 2 heterocycles. The Balaban J connectivity index is 1.47. The number of hydrogen-bond donors (Lipinski definition) is 2. The number of thiazole rings is 1. The highest BCUT2D eigenvalue weighted by atomic mass is 32.1. The molecule has 0 radical (unpaired) electrons. The quantitative estimate of drug-likeness (QED) is 0.768. The van der Waals surface area contributed by atoms with Gasteiger partial charge < -0.3 is 5.32 Å². The first-order valence-electron chi connectivity index (χ1n) is 7.92. The molecule has 6 nitrogen and oxygen atoms in total. The number of hydrogen-bond acceptors (Lipinski definition) is 5. The van der Waals surface area contributed by atoms with Gasteiger partial charge in [-0.1, -0.05) is 35.6 Å². The molecule has 1 aromatic carbocycles. The zero-order valence-corrected chi connectivity index (χ0v) is 14.1. The molecule has 2 aromatic heterocycles. The SMILES string of the molecule is Cc1ccccc1-c1cnc(NC(=O)[C@H]2CCc3n[nH]nc3C2)s1. The Morgan fingerprint density at radius 1 is 1.29 bits per heavy atom. The van der Waals surface area contributed by atoms with Crippen LogP contribution in [0.15, 0.2) is 30.5 Å². The number of aromatic nitrogens is 4. The number of aromatic amines is 1. The molecule has 2 N–H and O–H groups in total. The lowest BCUT2D eigenvalue weighted by Gasteiger charge is -2.18. The first-order valence-corrected chi connectivity index (χ1v) is 8.73. The third-order valence-electron chi connectivity index (χ3n) is 4.39. The van der Waals surface area contributed by atoms with E-state index in [9.17, 15) is 4.79 Å². The van der Waals surface area contributed by atoms with E-state index in [4.69, 9.17) is 0 Å². The monoisotopic (exact) mass is 339 g/mol. The van der Waals surface area contributed by atoms with Gasteiger partial charge >= 0.3 is 0 Å². The number of nitrogens with one attached hydrogen (secondary N) is 2. The van der Waals surface area contributed by atoms with Crippen LogP contribution in [0.3, 0.4) is 0 Å². The number of amides is 1. The highest BCUT2D eigenvalue weighted by molar-refractivity contribution is 7.19. The number of nitrogens with zero attached hydrogens (tertiary/aromatic N) is 3. The number of rotatable bonds is 3. The molecule has 0 aliphatic heterocycles. The minimum absolute atomic E-state index is 0.00864. The molecule has 4 rings (SSSR count). The molecule has 0 fully saturated rings. The van der Waals surface area contributed by atoms with Crippen molar-refractivity contribution in [2.45, 2.75) is 26.2 Å². The third-order valence-corrected chi connectivity index (χ3v) is 5.34. The van der Waals surface area contributed by atoms with E-state index in [1.54, 1.807) is 0 Å². The van der Waals surface area contributed by atoms with Gasteiger partial charge in [-0.2, -0.15) is 15.4 Å². The molecule has 0 unspecified atom stereocenters. The lowest BCUT2D eigenvalue weighted by molar-refractivity contribution is -0.120. The summed E-state index contributed by atoms with van der Waals surface area (Å²) >= 11 is 1.50. The number of fused-ring (bicyclic) bond motifs is 1. The van der Waals surface area contributed by atoms with Crippen molar-refractivity contribution in [3.63, 3.8) is 0 Å². The highest BCUT2D eigenvalue weighted by Crippen LogP contribution is 2.32. The second-order valence-corrected chi connectivity index (χ2v) is 7.02. The van der Waals surface area contributed by atoms with Gasteiger partial charge in [-0.3, -0.25) is 4.79 Å². The van der Waals surface area contributed by atoms with Gasteiger partial charge in [0, 0.05) is 18.5 Å². The maximum atomic E-state index is 12.5. The van der Waals surface area contributed by atoms with Gasteiger partial charge in [0.15, 0.2) is 5.13 Å². The fourth-order valence-corrected chi connectivity index (χ4v) is 3.93. The Kier molecular flexibility index (Phi) is 3.86. The van der Waals surface area contributed by atoms with Gasteiger partial charge in [0.1, 0.15) is 0 Å².